The van der Waals surface area contributed by atoms with Crippen LogP contribution in [0.15, 0.2) is 84.6 Å². The van der Waals surface area contributed by atoms with Crippen LogP contribution in [0.1, 0.15) is 72.3 Å². The summed E-state index contributed by atoms with van der Waals surface area (Å²) in [6, 6.07) is 13.6. The molecular formula is C43H55N3O9. The number of benzene rings is 2. The molecule has 55 heavy (non-hydrogen) atoms. The van der Waals surface area contributed by atoms with Crippen molar-refractivity contribution < 1.29 is 43.9 Å². The number of hydrogen-bond donors (Lipinski definition) is 3. The lowest BCUT2D eigenvalue weighted by Crippen LogP contribution is -2.70. The van der Waals surface area contributed by atoms with Gasteiger partial charge in [-0.2, -0.15) is 5.26 Å². The number of nitriles is 1. The maximum absolute atomic E-state index is 14.8. The summed E-state index contributed by atoms with van der Waals surface area (Å²) in [5.41, 5.74) is 3.34. The number of fused-ring (bicyclic) bond motifs is 2. The van der Waals surface area contributed by atoms with E-state index in [9.17, 15) is 25.4 Å². The monoisotopic (exact) mass is 757 g/mol. The Morgan fingerprint density at radius 1 is 1.02 bits per heavy atom. The molecule has 0 unspecified atom stereocenters. The number of nitrogens with zero attached hydrogens (tertiary/aromatic N) is 3. The third-order valence-corrected chi connectivity index (χ3v) is 10.8. The summed E-state index contributed by atoms with van der Waals surface area (Å²) in [6.07, 6.45) is 10.4. The van der Waals surface area contributed by atoms with Gasteiger partial charge in [-0.05, 0) is 85.6 Å². The highest BCUT2D eigenvalue weighted by Crippen LogP contribution is 2.62. The fraction of sp³-hybridized carbons (Fsp3) is 0.512. The van der Waals surface area contributed by atoms with Crippen molar-refractivity contribution in [3.63, 3.8) is 0 Å². The zero-order chi connectivity index (χ0) is 39.2. The van der Waals surface area contributed by atoms with Crippen LogP contribution in [-0.2, 0) is 14.3 Å². The first-order chi connectivity index (χ1) is 26.9. The Hall–Kier alpha value is -4.51. The Balaban J connectivity index is 1.77. The van der Waals surface area contributed by atoms with Gasteiger partial charge in [0.05, 0.1) is 49.7 Å². The summed E-state index contributed by atoms with van der Waals surface area (Å²) in [5, 5.41) is 43.2. The minimum absolute atomic E-state index is 0.0566. The number of allylic oxidation sites excluding steroid dienone is 1. The summed E-state index contributed by atoms with van der Waals surface area (Å²) in [7, 11) is 1.51. The average molecular weight is 758 g/mol. The van der Waals surface area contributed by atoms with Gasteiger partial charge in [-0.25, -0.2) is 0 Å². The number of ether oxygens (including phenoxy) is 4. The summed E-state index contributed by atoms with van der Waals surface area (Å²) < 4.78 is 26.0. The lowest BCUT2D eigenvalue weighted by molar-refractivity contribution is -0.254. The minimum Gasteiger partial charge on any atom is -0.490 e. The third kappa shape index (κ3) is 9.31. The Bertz CT molecular complexity index is 1700. The Kier molecular flexibility index (Phi) is 15.5. The fourth-order valence-corrected chi connectivity index (χ4v) is 8.59. The summed E-state index contributed by atoms with van der Waals surface area (Å²) in [5.74, 6) is -1.03. The normalized spacial score (nSPS) is 24.4. The van der Waals surface area contributed by atoms with E-state index in [1.54, 1.807) is 41.3 Å². The number of unbranched alkanes of at least 4 members (excludes halogenated alkanes) is 2. The highest BCUT2D eigenvalue weighted by molar-refractivity contribution is 6.03. The molecule has 0 spiro atoms. The van der Waals surface area contributed by atoms with Gasteiger partial charge in [-0.1, -0.05) is 42.8 Å². The second kappa shape index (κ2) is 20.4. The number of aliphatic hydroxyl groups excluding tert-OH is 3. The molecule has 0 radical (unpaired) electrons. The SMILES string of the molecule is C=CCOc1ccc2c(c1)[C@H]1[C@H](CCCCO)[C@@H](CCCCO)C=C3C(=NOC)C[C@H](N(CCOCCO)C(=O)c4ccc(C#N)cc4)[C@@](OCC=C)(O2)[C@H]31. The molecule has 1 saturated carbocycles. The van der Waals surface area contributed by atoms with Crippen molar-refractivity contribution >= 4 is 11.6 Å². The third-order valence-electron chi connectivity index (χ3n) is 10.8. The van der Waals surface area contributed by atoms with Gasteiger partial charge < -0.3 is 44.0 Å². The molecule has 3 aliphatic rings. The van der Waals surface area contributed by atoms with Gasteiger partial charge >= 0.3 is 0 Å². The van der Waals surface area contributed by atoms with Crippen LogP contribution in [0.2, 0.25) is 0 Å². The molecule has 12 heteroatoms. The van der Waals surface area contributed by atoms with E-state index in [-0.39, 0.29) is 76.3 Å². The zero-order valence-corrected chi connectivity index (χ0v) is 31.8. The first-order valence-corrected chi connectivity index (χ1v) is 19.3. The molecular weight excluding hydrogens is 702 g/mol. The van der Waals surface area contributed by atoms with E-state index < -0.39 is 17.7 Å². The van der Waals surface area contributed by atoms with E-state index in [4.69, 9.17) is 23.8 Å². The standard InChI is InChI=1S/C43H55N3O9/c1-4-22-53-33-16-17-38-36(27-33)40-34(11-7-9-20-48)32(10-6-8-19-47)26-35-37(45-51-3)28-39(43(55-38,41(35)40)54-23-5-2)46(18-24-52-25-21-49)42(50)31-14-12-30(29-44)13-15-31/h4-5,12-17,26-27,32,34,39-41,47-49H,1-2,6-11,18-25,28H2,3H3/t32-,34+,39-,40+,41+,43+/m0/s1. The fourth-order valence-electron chi connectivity index (χ4n) is 8.59. The Morgan fingerprint density at radius 2 is 1.76 bits per heavy atom. The predicted octanol–water partition coefficient (Wildman–Crippen LogP) is 5.54. The first-order valence-electron chi connectivity index (χ1n) is 19.3. The lowest BCUT2D eigenvalue weighted by atomic mass is 9.55. The molecule has 2 aromatic rings. The van der Waals surface area contributed by atoms with Crippen molar-refractivity contribution in [2.45, 2.75) is 62.7 Å². The van der Waals surface area contributed by atoms with Crippen molar-refractivity contribution in [2.24, 2.45) is 22.9 Å². The molecule has 2 aromatic carbocycles. The number of aliphatic hydroxyl groups is 3. The van der Waals surface area contributed by atoms with Crippen molar-refractivity contribution in [3.8, 4) is 17.6 Å². The molecule has 2 aliphatic carbocycles. The van der Waals surface area contributed by atoms with Crippen LogP contribution >= 0.6 is 0 Å². The number of rotatable bonds is 22. The van der Waals surface area contributed by atoms with Crippen molar-refractivity contribution in [2.75, 3.05) is 59.9 Å². The number of oxime groups is 1. The summed E-state index contributed by atoms with van der Waals surface area (Å²) in [4.78, 5) is 22.0. The zero-order valence-electron chi connectivity index (χ0n) is 31.8. The van der Waals surface area contributed by atoms with E-state index in [2.05, 4.69) is 30.5 Å². The van der Waals surface area contributed by atoms with Crippen molar-refractivity contribution in [1.29, 1.82) is 5.26 Å². The van der Waals surface area contributed by atoms with Gasteiger partial charge in [0, 0.05) is 43.2 Å². The molecule has 1 fully saturated rings. The Morgan fingerprint density at radius 3 is 2.44 bits per heavy atom. The maximum Gasteiger partial charge on any atom is 0.254 e. The van der Waals surface area contributed by atoms with Crippen LogP contribution in [0.3, 0.4) is 0 Å². The van der Waals surface area contributed by atoms with Crippen molar-refractivity contribution in [3.05, 3.63) is 96.1 Å². The molecule has 1 heterocycles. The Labute approximate surface area is 324 Å². The van der Waals surface area contributed by atoms with E-state index >= 15 is 0 Å². The minimum atomic E-state index is -1.45. The van der Waals surface area contributed by atoms with E-state index in [0.29, 0.717) is 47.8 Å². The van der Waals surface area contributed by atoms with Crippen LogP contribution in [0.4, 0.5) is 0 Å². The van der Waals surface area contributed by atoms with Crippen LogP contribution in [0, 0.1) is 29.1 Å². The largest absolute Gasteiger partial charge is 0.490 e. The molecule has 0 bridgehead atoms. The molecule has 1 amide bonds. The molecule has 3 N–H and O–H groups in total. The average Bonchev–Trinajstić information content (AvgIpc) is 3.21. The predicted molar refractivity (Wildman–Crippen MR) is 208 cm³/mol. The van der Waals surface area contributed by atoms with E-state index in [1.165, 1.54) is 7.11 Å². The summed E-state index contributed by atoms with van der Waals surface area (Å²) in [6.45, 7) is 8.62. The summed E-state index contributed by atoms with van der Waals surface area (Å²) >= 11 is 0. The van der Waals surface area contributed by atoms with Gasteiger partial charge in [-0.15, -0.1) is 6.58 Å². The molecule has 0 saturated heterocycles. The second-order valence-electron chi connectivity index (χ2n) is 14.1. The number of amides is 1. The quantitative estimate of drug-likeness (QED) is 0.0790. The van der Waals surface area contributed by atoms with Gasteiger partial charge in [0.2, 0.25) is 5.79 Å². The molecule has 12 nitrogen and oxygen atoms in total. The molecule has 296 valence electrons. The van der Waals surface area contributed by atoms with Gasteiger partial charge in [0.1, 0.15) is 31.3 Å². The lowest BCUT2D eigenvalue weighted by Gasteiger charge is -2.60. The van der Waals surface area contributed by atoms with E-state index in [0.717, 1.165) is 36.8 Å². The maximum atomic E-state index is 14.8. The van der Waals surface area contributed by atoms with Gasteiger partial charge in [-0.3, -0.25) is 4.79 Å². The number of hydrogen-bond acceptors (Lipinski definition) is 11. The van der Waals surface area contributed by atoms with Crippen LogP contribution < -0.4 is 9.47 Å². The van der Waals surface area contributed by atoms with Crippen LogP contribution in [0.5, 0.6) is 11.5 Å². The highest BCUT2D eigenvalue weighted by Gasteiger charge is 2.65. The topological polar surface area (TPSA) is 163 Å². The second-order valence-corrected chi connectivity index (χ2v) is 14.1. The van der Waals surface area contributed by atoms with Crippen LogP contribution in [0.25, 0.3) is 0 Å². The molecule has 0 aromatic heterocycles. The number of carbonyl (C=O) groups excluding carboxylic acids is 1. The van der Waals surface area contributed by atoms with Crippen molar-refractivity contribution in [1.82, 2.24) is 4.90 Å². The van der Waals surface area contributed by atoms with Crippen LogP contribution in [-0.4, -0.2) is 104 Å². The smallest absolute Gasteiger partial charge is 0.254 e. The van der Waals surface area contributed by atoms with Gasteiger partial charge in [0.15, 0.2) is 0 Å². The van der Waals surface area contributed by atoms with E-state index in [1.807, 2.05) is 18.2 Å². The first kappa shape index (κ1) is 41.6. The highest BCUT2D eigenvalue weighted by atomic mass is 16.7. The molecule has 1 aliphatic heterocycles. The molecule has 5 rings (SSSR count). The van der Waals surface area contributed by atoms with Gasteiger partial charge in [0.25, 0.3) is 5.91 Å². The molecule has 6 atom stereocenters. The number of carbonyl (C=O) groups is 1.